The minimum Gasteiger partial charge on any atom is -0.472 e. The highest BCUT2D eigenvalue weighted by Gasteiger charge is 2.24. The predicted molar refractivity (Wildman–Crippen MR) is 120 cm³/mol. The van der Waals surface area contributed by atoms with Crippen LogP contribution in [0.4, 0.5) is 10.1 Å². The molecule has 0 unspecified atom stereocenters. The second-order valence-electron chi connectivity index (χ2n) is 7.90. The van der Waals surface area contributed by atoms with E-state index < -0.39 is 0 Å². The molecule has 0 spiro atoms. The number of aryl methyl sites for hydroxylation is 1. The summed E-state index contributed by atoms with van der Waals surface area (Å²) in [6.07, 6.45) is 2.15. The van der Waals surface area contributed by atoms with Gasteiger partial charge in [-0.25, -0.2) is 13.9 Å². The van der Waals surface area contributed by atoms with Gasteiger partial charge in [-0.05, 0) is 54.0 Å². The summed E-state index contributed by atoms with van der Waals surface area (Å²) < 4.78 is 21.1. The standard InChI is InChI=1S/C25H21FN4O2/c1-16-11-25(31)29(14-16)21-7-4-18(5-8-21)22-13-27-23-9-10-24(28-30(22)23)32-15-19-12-20(26)6-3-17(19)2/h3-10,12-13H,1,11,14-15H2,2H3. The Hall–Kier alpha value is -4.00. The predicted octanol–water partition coefficient (Wildman–Crippen LogP) is 4.72. The van der Waals surface area contributed by atoms with Crippen molar-refractivity contribution in [3.05, 3.63) is 89.9 Å². The van der Waals surface area contributed by atoms with Crippen LogP contribution in [-0.4, -0.2) is 27.0 Å². The van der Waals surface area contributed by atoms with Crippen LogP contribution in [0.5, 0.6) is 5.88 Å². The quantitative estimate of drug-likeness (QED) is 0.432. The number of benzene rings is 2. The fourth-order valence-corrected chi connectivity index (χ4v) is 3.80. The monoisotopic (exact) mass is 428 g/mol. The first kappa shape index (κ1) is 19.9. The van der Waals surface area contributed by atoms with Gasteiger partial charge in [0.15, 0.2) is 5.65 Å². The number of amides is 1. The highest BCUT2D eigenvalue weighted by molar-refractivity contribution is 5.98. The number of ether oxygens (including phenoxy) is 1. The Morgan fingerprint density at radius 1 is 1.12 bits per heavy atom. The topological polar surface area (TPSA) is 59.7 Å². The van der Waals surface area contributed by atoms with E-state index in [0.717, 1.165) is 33.6 Å². The Morgan fingerprint density at radius 3 is 2.69 bits per heavy atom. The second kappa shape index (κ2) is 7.92. The maximum Gasteiger partial charge on any atom is 0.232 e. The largest absolute Gasteiger partial charge is 0.472 e. The molecular formula is C25H21FN4O2. The Balaban J connectivity index is 1.39. The van der Waals surface area contributed by atoms with E-state index in [1.807, 2.05) is 37.3 Å². The maximum atomic E-state index is 13.5. The van der Waals surface area contributed by atoms with Crippen molar-refractivity contribution in [2.24, 2.45) is 0 Å². The first-order chi connectivity index (χ1) is 15.5. The van der Waals surface area contributed by atoms with Crippen molar-refractivity contribution in [3.63, 3.8) is 0 Å². The zero-order valence-corrected chi connectivity index (χ0v) is 17.6. The molecule has 0 atom stereocenters. The molecule has 2 aromatic carbocycles. The first-order valence-electron chi connectivity index (χ1n) is 10.3. The number of fused-ring (bicyclic) bond motifs is 1. The Bertz CT molecular complexity index is 1340. The summed E-state index contributed by atoms with van der Waals surface area (Å²) in [6.45, 7) is 6.60. The summed E-state index contributed by atoms with van der Waals surface area (Å²) in [4.78, 5) is 18.3. The Morgan fingerprint density at radius 2 is 1.94 bits per heavy atom. The number of carbonyl (C=O) groups is 1. The van der Waals surface area contributed by atoms with Gasteiger partial charge in [-0.1, -0.05) is 24.8 Å². The third-order valence-electron chi connectivity index (χ3n) is 5.58. The summed E-state index contributed by atoms with van der Waals surface area (Å²) >= 11 is 0. The molecule has 32 heavy (non-hydrogen) atoms. The van der Waals surface area contributed by atoms with Gasteiger partial charge in [0.25, 0.3) is 0 Å². The first-order valence-corrected chi connectivity index (χ1v) is 10.3. The lowest BCUT2D eigenvalue weighted by atomic mass is 10.1. The van der Waals surface area contributed by atoms with Crippen molar-refractivity contribution in [2.45, 2.75) is 20.0 Å². The summed E-state index contributed by atoms with van der Waals surface area (Å²) in [5.74, 6) is 0.186. The molecule has 2 aromatic heterocycles. The van der Waals surface area contributed by atoms with Crippen molar-refractivity contribution < 1.29 is 13.9 Å². The lowest BCUT2D eigenvalue weighted by Crippen LogP contribution is -2.23. The molecule has 0 radical (unpaired) electrons. The molecule has 0 saturated carbocycles. The highest BCUT2D eigenvalue weighted by Crippen LogP contribution is 2.28. The van der Waals surface area contributed by atoms with Crippen LogP contribution in [0.2, 0.25) is 0 Å². The summed E-state index contributed by atoms with van der Waals surface area (Å²) in [5, 5.41) is 4.56. The number of hydrogen-bond donors (Lipinski definition) is 0. The molecule has 3 heterocycles. The Kier molecular flexibility index (Phi) is 4.93. The van der Waals surface area contributed by atoms with Gasteiger partial charge in [-0.15, -0.1) is 5.10 Å². The summed E-state index contributed by atoms with van der Waals surface area (Å²) in [6, 6.07) is 15.9. The Labute approximate surface area is 184 Å². The molecule has 4 aromatic rings. The number of carbonyl (C=O) groups excluding carboxylic acids is 1. The molecule has 7 heteroatoms. The van der Waals surface area contributed by atoms with Gasteiger partial charge in [-0.3, -0.25) is 4.79 Å². The van der Waals surface area contributed by atoms with Crippen LogP contribution in [0.1, 0.15) is 17.5 Å². The van der Waals surface area contributed by atoms with E-state index in [2.05, 4.69) is 16.7 Å². The van der Waals surface area contributed by atoms with Crippen LogP contribution in [0.3, 0.4) is 0 Å². The molecule has 1 fully saturated rings. The average molecular weight is 428 g/mol. The third-order valence-corrected chi connectivity index (χ3v) is 5.58. The van der Waals surface area contributed by atoms with E-state index in [-0.39, 0.29) is 18.3 Å². The van der Waals surface area contributed by atoms with Crippen molar-refractivity contribution in [2.75, 3.05) is 11.4 Å². The van der Waals surface area contributed by atoms with Gasteiger partial charge in [0, 0.05) is 30.3 Å². The molecule has 1 aliphatic heterocycles. The molecule has 5 rings (SSSR count). The van der Waals surface area contributed by atoms with Gasteiger partial charge in [0.1, 0.15) is 12.4 Å². The summed E-state index contributed by atoms with van der Waals surface area (Å²) in [7, 11) is 0. The smallest absolute Gasteiger partial charge is 0.232 e. The van der Waals surface area contributed by atoms with Crippen LogP contribution in [0, 0.1) is 12.7 Å². The zero-order chi connectivity index (χ0) is 22.2. The molecule has 160 valence electrons. The molecular weight excluding hydrogens is 407 g/mol. The number of nitrogens with zero attached hydrogens (tertiary/aromatic N) is 4. The van der Waals surface area contributed by atoms with Gasteiger partial charge in [0.05, 0.1) is 11.9 Å². The minimum atomic E-state index is -0.294. The number of halogens is 1. The molecule has 0 N–H and O–H groups in total. The highest BCUT2D eigenvalue weighted by atomic mass is 19.1. The average Bonchev–Trinajstić information content (AvgIpc) is 3.36. The normalized spacial score (nSPS) is 13.9. The van der Waals surface area contributed by atoms with Crippen LogP contribution in [0.15, 0.2) is 72.9 Å². The van der Waals surface area contributed by atoms with E-state index in [4.69, 9.17) is 4.74 Å². The van der Waals surface area contributed by atoms with Crippen LogP contribution < -0.4 is 9.64 Å². The molecule has 1 saturated heterocycles. The number of rotatable bonds is 5. The van der Waals surface area contributed by atoms with Crippen molar-refractivity contribution in [1.82, 2.24) is 14.6 Å². The number of imidazole rings is 1. The van der Waals surface area contributed by atoms with Crippen LogP contribution in [0.25, 0.3) is 16.9 Å². The van der Waals surface area contributed by atoms with Gasteiger partial charge in [-0.2, -0.15) is 0 Å². The van der Waals surface area contributed by atoms with E-state index in [1.54, 1.807) is 27.7 Å². The van der Waals surface area contributed by atoms with E-state index >= 15 is 0 Å². The van der Waals surface area contributed by atoms with E-state index in [1.165, 1.54) is 12.1 Å². The third kappa shape index (κ3) is 3.73. The van der Waals surface area contributed by atoms with Crippen molar-refractivity contribution in [3.8, 4) is 17.1 Å². The SMILES string of the molecule is C=C1CC(=O)N(c2ccc(-c3cnc4ccc(OCc5cc(F)ccc5C)nn34)cc2)C1. The van der Waals surface area contributed by atoms with Crippen molar-refractivity contribution in [1.29, 1.82) is 0 Å². The molecule has 1 aliphatic rings. The van der Waals surface area contributed by atoms with Crippen LogP contribution in [-0.2, 0) is 11.4 Å². The molecule has 1 amide bonds. The van der Waals surface area contributed by atoms with Crippen molar-refractivity contribution >= 4 is 17.2 Å². The van der Waals surface area contributed by atoms with Gasteiger partial charge < -0.3 is 9.64 Å². The van der Waals surface area contributed by atoms with E-state index in [9.17, 15) is 9.18 Å². The van der Waals surface area contributed by atoms with Crippen LogP contribution >= 0.6 is 0 Å². The number of anilines is 1. The minimum absolute atomic E-state index is 0.0644. The number of hydrogen-bond acceptors (Lipinski definition) is 4. The molecule has 6 nitrogen and oxygen atoms in total. The lowest BCUT2D eigenvalue weighted by molar-refractivity contribution is -0.116. The van der Waals surface area contributed by atoms with Gasteiger partial charge in [0.2, 0.25) is 11.8 Å². The van der Waals surface area contributed by atoms with Gasteiger partial charge >= 0.3 is 0 Å². The maximum absolute atomic E-state index is 13.5. The second-order valence-corrected chi connectivity index (χ2v) is 7.90. The van der Waals surface area contributed by atoms with E-state index in [0.29, 0.717) is 24.5 Å². The number of aromatic nitrogens is 3. The lowest BCUT2D eigenvalue weighted by Gasteiger charge is -2.15. The molecule has 0 bridgehead atoms. The molecule has 0 aliphatic carbocycles. The fourth-order valence-electron chi connectivity index (χ4n) is 3.80. The zero-order valence-electron chi connectivity index (χ0n) is 17.6. The fraction of sp³-hybridized carbons (Fsp3) is 0.160. The summed E-state index contributed by atoms with van der Waals surface area (Å²) in [5.41, 5.74) is 5.89.